The molecule has 0 aliphatic carbocycles. The van der Waals surface area contributed by atoms with Crippen molar-refractivity contribution in [2.75, 3.05) is 20.1 Å². The van der Waals surface area contributed by atoms with E-state index in [1.807, 2.05) is 7.05 Å². The van der Waals surface area contributed by atoms with Gasteiger partial charge in [0.25, 0.3) is 0 Å². The number of nitrogens with zero attached hydrogens (tertiary/aromatic N) is 3. The smallest absolute Gasteiger partial charge is 0.244 e. The van der Waals surface area contributed by atoms with Gasteiger partial charge in [-0.15, -0.1) is 0 Å². The van der Waals surface area contributed by atoms with E-state index < -0.39 is 0 Å². The molecule has 0 radical (unpaired) electrons. The fourth-order valence-electron chi connectivity index (χ4n) is 2.28. The lowest BCUT2D eigenvalue weighted by atomic mass is 10.0. The van der Waals surface area contributed by atoms with E-state index in [9.17, 15) is 0 Å². The maximum absolute atomic E-state index is 5.35. The van der Waals surface area contributed by atoms with Gasteiger partial charge in [-0.2, -0.15) is 4.98 Å². The van der Waals surface area contributed by atoms with Crippen LogP contribution in [0.5, 0.6) is 0 Å². The fourth-order valence-corrected chi connectivity index (χ4v) is 2.28. The first-order valence-corrected chi connectivity index (χ1v) is 6.06. The van der Waals surface area contributed by atoms with Gasteiger partial charge in [0.05, 0.1) is 12.6 Å². The van der Waals surface area contributed by atoms with Crippen LogP contribution in [0.1, 0.15) is 43.9 Å². The van der Waals surface area contributed by atoms with Crippen molar-refractivity contribution < 1.29 is 4.52 Å². The third-order valence-electron chi connectivity index (χ3n) is 3.12. The summed E-state index contributed by atoms with van der Waals surface area (Å²) in [6, 6.07) is 0.330. The molecule has 16 heavy (non-hydrogen) atoms. The Hall–Kier alpha value is -0.940. The summed E-state index contributed by atoms with van der Waals surface area (Å²) in [6.45, 7) is 5.05. The average Bonchev–Trinajstić information content (AvgIpc) is 2.78. The van der Waals surface area contributed by atoms with E-state index in [4.69, 9.17) is 4.52 Å². The lowest BCUT2D eigenvalue weighted by Gasteiger charge is -2.32. The van der Waals surface area contributed by atoms with E-state index in [0.29, 0.717) is 12.6 Å². The first kappa shape index (κ1) is 11.5. The molecule has 1 unspecified atom stereocenters. The maximum Gasteiger partial charge on any atom is 0.244 e. The first-order valence-electron chi connectivity index (χ1n) is 6.06. The summed E-state index contributed by atoms with van der Waals surface area (Å²) in [7, 11) is 1.88. The Balaban J connectivity index is 2.08. The monoisotopic (exact) mass is 224 g/mol. The first-order chi connectivity index (χ1) is 7.85. The minimum absolute atomic E-state index is 0.330. The predicted molar refractivity (Wildman–Crippen MR) is 60.9 cm³/mol. The Morgan fingerprint density at radius 2 is 2.38 bits per heavy atom. The molecular formula is C11H20N4O. The molecule has 1 N–H and O–H groups in total. The van der Waals surface area contributed by atoms with Gasteiger partial charge in [0.2, 0.25) is 5.89 Å². The Bertz CT molecular complexity index is 326. The lowest BCUT2D eigenvalue weighted by molar-refractivity contribution is 0.125. The molecule has 0 spiro atoms. The highest BCUT2D eigenvalue weighted by Gasteiger charge is 2.27. The minimum Gasteiger partial charge on any atom is -0.338 e. The topological polar surface area (TPSA) is 54.2 Å². The van der Waals surface area contributed by atoms with Gasteiger partial charge < -0.3 is 9.84 Å². The molecule has 5 nitrogen and oxygen atoms in total. The van der Waals surface area contributed by atoms with Gasteiger partial charge in [-0.3, -0.25) is 4.90 Å². The molecule has 0 amide bonds. The van der Waals surface area contributed by atoms with Gasteiger partial charge in [-0.05, 0) is 33.0 Å². The van der Waals surface area contributed by atoms with Gasteiger partial charge in [0.1, 0.15) is 0 Å². The van der Waals surface area contributed by atoms with Gasteiger partial charge in [0.15, 0.2) is 5.82 Å². The van der Waals surface area contributed by atoms with Crippen LogP contribution in [0.15, 0.2) is 4.52 Å². The normalized spacial score (nSPS) is 22.5. The van der Waals surface area contributed by atoms with E-state index >= 15 is 0 Å². The molecule has 90 valence electrons. The van der Waals surface area contributed by atoms with Crippen molar-refractivity contribution in [1.29, 1.82) is 0 Å². The molecular weight excluding hydrogens is 204 g/mol. The average molecular weight is 224 g/mol. The number of hydrogen-bond donors (Lipinski definition) is 1. The molecule has 2 rings (SSSR count). The zero-order valence-electron chi connectivity index (χ0n) is 10.1. The molecule has 1 saturated heterocycles. The molecule has 0 saturated carbocycles. The van der Waals surface area contributed by atoms with Gasteiger partial charge in [0, 0.05) is 0 Å². The van der Waals surface area contributed by atoms with Crippen molar-refractivity contribution in [2.45, 2.75) is 38.8 Å². The van der Waals surface area contributed by atoms with Crippen LogP contribution in [0.3, 0.4) is 0 Å². The van der Waals surface area contributed by atoms with Crippen LogP contribution in [0.4, 0.5) is 0 Å². The lowest BCUT2D eigenvalue weighted by Crippen LogP contribution is -2.33. The zero-order chi connectivity index (χ0) is 11.4. The number of nitrogens with one attached hydrogen (secondary N) is 1. The quantitative estimate of drug-likeness (QED) is 0.836. The minimum atomic E-state index is 0.330. The van der Waals surface area contributed by atoms with Gasteiger partial charge in [-0.25, -0.2) is 0 Å². The van der Waals surface area contributed by atoms with Crippen LogP contribution < -0.4 is 5.32 Å². The fraction of sp³-hybridized carbons (Fsp3) is 0.818. The third-order valence-corrected chi connectivity index (χ3v) is 3.12. The number of hydrogen-bond acceptors (Lipinski definition) is 5. The molecule has 1 fully saturated rings. The van der Waals surface area contributed by atoms with Crippen LogP contribution in [-0.2, 0) is 6.54 Å². The summed E-state index contributed by atoms with van der Waals surface area (Å²) in [5.74, 6) is 1.53. The van der Waals surface area contributed by atoms with E-state index in [2.05, 4.69) is 27.3 Å². The van der Waals surface area contributed by atoms with Crippen molar-refractivity contribution in [3.8, 4) is 0 Å². The SMILES string of the molecule is CCN1CCCCC1c1nc(CNC)no1. The second-order valence-corrected chi connectivity index (χ2v) is 4.22. The summed E-state index contributed by atoms with van der Waals surface area (Å²) in [6.07, 6.45) is 3.67. The molecule has 2 heterocycles. The summed E-state index contributed by atoms with van der Waals surface area (Å²) in [5.41, 5.74) is 0. The van der Waals surface area contributed by atoms with E-state index in [1.165, 1.54) is 12.8 Å². The van der Waals surface area contributed by atoms with Crippen molar-refractivity contribution in [3.63, 3.8) is 0 Å². The highest BCUT2D eigenvalue weighted by Crippen LogP contribution is 2.29. The molecule has 1 atom stereocenters. The molecule has 1 aliphatic rings. The largest absolute Gasteiger partial charge is 0.338 e. The van der Waals surface area contributed by atoms with E-state index in [-0.39, 0.29) is 0 Å². The van der Waals surface area contributed by atoms with Crippen molar-refractivity contribution >= 4 is 0 Å². The number of rotatable bonds is 4. The highest BCUT2D eigenvalue weighted by molar-refractivity contribution is 4.95. The molecule has 1 aliphatic heterocycles. The highest BCUT2D eigenvalue weighted by atomic mass is 16.5. The van der Waals surface area contributed by atoms with Crippen LogP contribution in [0.25, 0.3) is 0 Å². The summed E-state index contributed by atoms with van der Waals surface area (Å²) in [5, 5.41) is 7.00. The second kappa shape index (κ2) is 5.41. The number of aromatic nitrogens is 2. The maximum atomic E-state index is 5.35. The van der Waals surface area contributed by atoms with Crippen LogP contribution in [-0.4, -0.2) is 35.2 Å². The predicted octanol–water partition coefficient (Wildman–Crippen LogP) is 1.34. The molecule has 5 heteroatoms. The summed E-state index contributed by atoms with van der Waals surface area (Å²) in [4.78, 5) is 6.86. The Morgan fingerprint density at radius 1 is 1.50 bits per heavy atom. The summed E-state index contributed by atoms with van der Waals surface area (Å²) >= 11 is 0. The summed E-state index contributed by atoms with van der Waals surface area (Å²) < 4.78 is 5.35. The van der Waals surface area contributed by atoms with Crippen molar-refractivity contribution in [3.05, 3.63) is 11.7 Å². The zero-order valence-corrected chi connectivity index (χ0v) is 10.1. The van der Waals surface area contributed by atoms with Crippen LogP contribution in [0.2, 0.25) is 0 Å². The standard InChI is InChI=1S/C11H20N4O/c1-3-15-7-5-4-6-9(15)11-13-10(8-12-2)14-16-11/h9,12H,3-8H2,1-2H3. The van der Waals surface area contributed by atoms with E-state index in [1.54, 1.807) is 0 Å². The Kier molecular flexibility index (Phi) is 3.90. The van der Waals surface area contributed by atoms with Crippen LogP contribution in [0, 0.1) is 0 Å². The Morgan fingerprint density at radius 3 is 3.12 bits per heavy atom. The second-order valence-electron chi connectivity index (χ2n) is 4.22. The molecule has 1 aromatic rings. The number of piperidine rings is 1. The molecule has 0 bridgehead atoms. The van der Waals surface area contributed by atoms with Gasteiger partial charge in [-0.1, -0.05) is 18.5 Å². The molecule has 1 aromatic heterocycles. The van der Waals surface area contributed by atoms with Crippen molar-refractivity contribution in [1.82, 2.24) is 20.4 Å². The van der Waals surface area contributed by atoms with E-state index in [0.717, 1.165) is 31.2 Å². The van der Waals surface area contributed by atoms with Crippen molar-refractivity contribution in [2.24, 2.45) is 0 Å². The Labute approximate surface area is 96.2 Å². The van der Waals surface area contributed by atoms with Gasteiger partial charge >= 0.3 is 0 Å². The number of likely N-dealkylation sites (tertiary alicyclic amines) is 1. The third kappa shape index (κ3) is 2.41. The molecule has 0 aromatic carbocycles. The van der Waals surface area contributed by atoms with Crippen LogP contribution >= 0.6 is 0 Å².